The van der Waals surface area contributed by atoms with Gasteiger partial charge in [0.1, 0.15) is 5.75 Å². The van der Waals surface area contributed by atoms with E-state index < -0.39 is 0 Å². The van der Waals surface area contributed by atoms with Crippen molar-refractivity contribution in [1.29, 1.82) is 0 Å². The highest BCUT2D eigenvalue weighted by Gasteiger charge is 2.06. The second kappa shape index (κ2) is 6.94. The van der Waals surface area contributed by atoms with Gasteiger partial charge in [-0.05, 0) is 30.5 Å². The molecule has 0 saturated heterocycles. The molecule has 1 rings (SSSR count). The first-order valence-electron chi connectivity index (χ1n) is 6.02. The Morgan fingerprint density at radius 1 is 1.18 bits per heavy atom. The van der Waals surface area contributed by atoms with E-state index in [1.807, 2.05) is 24.3 Å². The predicted octanol–water partition coefficient (Wildman–Crippen LogP) is 2.97. The third kappa shape index (κ3) is 4.47. The molecule has 0 unspecified atom stereocenters. The summed E-state index contributed by atoms with van der Waals surface area (Å²) in [4.78, 5) is 11.1. The van der Waals surface area contributed by atoms with Crippen molar-refractivity contribution in [3.63, 3.8) is 0 Å². The average molecular weight is 236 g/mol. The highest BCUT2D eigenvalue weighted by atomic mass is 16.5. The van der Waals surface area contributed by atoms with E-state index in [0.29, 0.717) is 6.42 Å². The smallest absolute Gasteiger partial charge is 0.309 e. The molecule has 0 radical (unpaired) electrons. The first kappa shape index (κ1) is 13.6. The van der Waals surface area contributed by atoms with Crippen LogP contribution in [0, 0.1) is 0 Å². The van der Waals surface area contributed by atoms with Crippen molar-refractivity contribution in [3.05, 3.63) is 29.8 Å². The van der Waals surface area contributed by atoms with Gasteiger partial charge >= 0.3 is 5.97 Å². The number of hydrogen-bond donors (Lipinski definition) is 0. The van der Waals surface area contributed by atoms with E-state index in [4.69, 9.17) is 4.74 Å². The largest absolute Gasteiger partial charge is 0.490 e. The van der Waals surface area contributed by atoms with Crippen LogP contribution in [0.2, 0.25) is 0 Å². The zero-order valence-electron chi connectivity index (χ0n) is 10.7. The lowest BCUT2D eigenvalue weighted by Gasteiger charge is -2.15. The fourth-order valence-electron chi connectivity index (χ4n) is 1.57. The molecule has 0 fully saturated rings. The molecule has 1 aromatic carbocycles. The molecule has 0 aliphatic carbocycles. The van der Waals surface area contributed by atoms with E-state index in [0.717, 1.165) is 24.2 Å². The first-order chi connectivity index (χ1) is 8.19. The van der Waals surface area contributed by atoms with E-state index in [-0.39, 0.29) is 12.1 Å². The summed E-state index contributed by atoms with van der Waals surface area (Å²) < 4.78 is 10.4. The van der Waals surface area contributed by atoms with Gasteiger partial charge in [0.2, 0.25) is 0 Å². The number of ether oxygens (including phenoxy) is 2. The molecule has 0 aliphatic rings. The molecule has 17 heavy (non-hydrogen) atoms. The highest BCUT2D eigenvalue weighted by molar-refractivity contribution is 5.72. The summed E-state index contributed by atoms with van der Waals surface area (Å²) in [6, 6.07) is 7.59. The number of methoxy groups -OCH3 is 1. The van der Waals surface area contributed by atoms with Gasteiger partial charge in [0.25, 0.3) is 0 Å². The summed E-state index contributed by atoms with van der Waals surface area (Å²) in [5, 5.41) is 0. The van der Waals surface area contributed by atoms with Crippen LogP contribution in [0.1, 0.15) is 32.3 Å². The molecule has 0 amide bonds. The normalized spacial score (nSPS) is 10.4. The molecule has 0 N–H and O–H groups in total. The van der Waals surface area contributed by atoms with Crippen molar-refractivity contribution in [2.75, 3.05) is 7.11 Å². The Morgan fingerprint density at radius 2 is 1.76 bits per heavy atom. The lowest BCUT2D eigenvalue weighted by atomic mass is 10.1. The van der Waals surface area contributed by atoms with Crippen LogP contribution in [0.15, 0.2) is 24.3 Å². The van der Waals surface area contributed by atoms with E-state index in [9.17, 15) is 4.79 Å². The quantitative estimate of drug-likeness (QED) is 0.712. The third-order valence-electron chi connectivity index (χ3n) is 2.71. The Morgan fingerprint density at radius 3 is 2.24 bits per heavy atom. The zero-order chi connectivity index (χ0) is 12.7. The Kier molecular flexibility index (Phi) is 5.53. The molecule has 0 bridgehead atoms. The lowest BCUT2D eigenvalue weighted by Crippen LogP contribution is -2.13. The van der Waals surface area contributed by atoms with E-state index in [2.05, 4.69) is 18.6 Å². The number of hydrogen-bond acceptors (Lipinski definition) is 3. The van der Waals surface area contributed by atoms with Gasteiger partial charge in [0.15, 0.2) is 0 Å². The number of benzene rings is 1. The van der Waals surface area contributed by atoms with Gasteiger partial charge in [-0.25, -0.2) is 0 Å². The van der Waals surface area contributed by atoms with Crippen molar-refractivity contribution in [1.82, 2.24) is 0 Å². The summed E-state index contributed by atoms with van der Waals surface area (Å²) in [5.41, 5.74) is 0.939. The van der Waals surface area contributed by atoms with Gasteiger partial charge < -0.3 is 9.47 Å². The van der Waals surface area contributed by atoms with Crippen LogP contribution in [0.5, 0.6) is 5.75 Å². The van der Waals surface area contributed by atoms with Crippen LogP contribution >= 0.6 is 0 Å². The minimum absolute atomic E-state index is 0.223. The Bertz CT molecular complexity index is 339. The maximum atomic E-state index is 11.1. The van der Waals surface area contributed by atoms with Crippen LogP contribution in [0.3, 0.4) is 0 Å². The molecule has 3 heteroatoms. The Balaban J connectivity index is 2.58. The molecule has 3 nitrogen and oxygen atoms in total. The molecule has 0 aromatic heterocycles. The van der Waals surface area contributed by atoms with Gasteiger partial charge in [-0.1, -0.05) is 26.0 Å². The molecular formula is C14H20O3. The van der Waals surface area contributed by atoms with E-state index in [1.54, 1.807) is 0 Å². The summed E-state index contributed by atoms with van der Waals surface area (Å²) in [7, 11) is 1.40. The van der Waals surface area contributed by atoms with E-state index >= 15 is 0 Å². The summed E-state index contributed by atoms with van der Waals surface area (Å²) in [5.74, 6) is 0.631. The highest BCUT2D eigenvalue weighted by Crippen LogP contribution is 2.16. The Labute approximate surface area is 103 Å². The molecule has 0 heterocycles. The SMILES string of the molecule is CCC(CC)Oc1ccc(CC(=O)OC)cc1. The van der Waals surface area contributed by atoms with Crippen molar-refractivity contribution < 1.29 is 14.3 Å². The standard InChI is InChI=1S/C14H20O3/c1-4-12(5-2)17-13-8-6-11(7-9-13)10-14(15)16-3/h6-9,12H,4-5,10H2,1-3H3. The first-order valence-corrected chi connectivity index (χ1v) is 6.02. The van der Waals surface area contributed by atoms with Gasteiger partial charge in [-0.3, -0.25) is 4.79 Å². The van der Waals surface area contributed by atoms with Crippen LogP contribution in [-0.2, 0) is 16.0 Å². The maximum Gasteiger partial charge on any atom is 0.309 e. The fraction of sp³-hybridized carbons (Fsp3) is 0.500. The molecule has 0 atom stereocenters. The van der Waals surface area contributed by atoms with Gasteiger partial charge in [0, 0.05) is 0 Å². The van der Waals surface area contributed by atoms with Crippen LogP contribution in [-0.4, -0.2) is 19.2 Å². The topological polar surface area (TPSA) is 35.5 Å². The second-order valence-corrected chi connectivity index (χ2v) is 3.95. The van der Waals surface area contributed by atoms with Crippen molar-refractivity contribution in [2.24, 2.45) is 0 Å². The second-order valence-electron chi connectivity index (χ2n) is 3.95. The maximum absolute atomic E-state index is 11.1. The molecule has 0 aliphatic heterocycles. The lowest BCUT2D eigenvalue weighted by molar-refractivity contribution is -0.139. The molecular weight excluding hydrogens is 216 g/mol. The number of carbonyl (C=O) groups excluding carboxylic acids is 1. The van der Waals surface area contributed by atoms with Crippen molar-refractivity contribution in [3.8, 4) is 5.75 Å². The fourth-order valence-corrected chi connectivity index (χ4v) is 1.57. The van der Waals surface area contributed by atoms with E-state index in [1.165, 1.54) is 7.11 Å². The average Bonchev–Trinajstić information content (AvgIpc) is 2.37. The minimum Gasteiger partial charge on any atom is -0.490 e. The number of carbonyl (C=O) groups is 1. The summed E-state index contributed by atoms with van der Waals surface area (Å²) in [6.45, 7) is 4.22. The van der Waals surface area contributed by atoms with Crippen molar-refractivity contribution >= 4 is 5.97 Å². The number of rotatable bonds is 6. The van der Waals surface area contributed by atoms with Crippen LogP contribution in [0.25, 0.3) is 0 Å². The van der Waals surface area contributed by atoms with Crippen LogP contribution in [0.4, 0.5) is 0 Å². The van der Waals surface area contributed by atoms with Gasteiger partial charge in [-0.2, -0.15) is 0 Å². The monoisotopic (exact) mass is 236 g/mol. The zero-order valence-corrected chi connectivity index (χ0v) is 10.7. The summed E-state index contributed by atoms with van der Waals surface area (Å²) >= 11 is 0. The molecule has 0 spiro atoms. The van der Waals surface area contributed by atoms with Gasteiger partial charge in [-0.15, -0.1) is 0 Å². The predicted molar refractivity (Wildman–Crippen MR) is 67.2 cm³/mol. The number of esters is 1. The molecule has 94 valence electrons. The summed E-state index contributed by atoms with van der Waals surface area (Å²) in [6.07, 6.45) is 2.57. The van der Waals surface area contributed by atoms with Gasteiger partial charge in [0.05, 0.1) is 19.6 Å². The Hall–Kier alpha value is -1.51. The molecule has 0 saturated carbocycles. The molecule has 1 aromatic rings. The van der Waals surface area contributed by atoms with Crippen LogP contribution < -0.4 is 4.74 Å². The van der Waals surface area contributed by atoms with Crippen molar-refractivity contribution in [2.45, 2.75) is 39.2 Å². The minimum atomic E-state index is -0.223. The third-order valence-corrected chi connectivity index (χ3v) is 2.71.